The number of carbonyl (C=O) groups is 1. The van der Waals surface area contributed by atoms with Gasteiger partial charge in [0, 0.05) is 5.69 Å². The molecular formula is C22H22N4O3S2. The fraction of sp³-hybridized carbons (Fsp3) is 0.273. The minimum atomic E-state index is -0.385. The van der Waals surface area contributed by atoms with E-state index < -0.39 is 0 Å². The van der Waals surface area contributed by atoms with Crippen molar-refractivity contribution in [2.24, 2.45) is 0 Å². The van der Waals surface area contributed by atoms with Gasteiger partial charge in [-0.15, -0.1) is 10.2 Å². The second-order valence-corrected chi connectivity index (χ2v) is 8.92. The predicted octanol–water partition coefficient (Wildman–Crippen LogP) is 4.13. The highest BCUT2D eigenvalue weighted by Crippen LogP contribution is 2.29. The topological polar surface area (TPSA) is 79.0 Å². The summed E-state index contributed by atoms with van der Waals surface area (Å²) in [6, 6.07) is 17.4. The molecule has 160 valence electrons. The molecule has 0 amide bonds. The summed E-state index contributed by atoms with van der Waals surface area (Å²) in [5.41, 5.74) is 1.74. The quantitative estimate of drug-likeness (QED) is 0.294. The minimum Gasteiger partial charge on any atom is -0.465 e. The standard InChI is InChI=1S/C22H22N4O3S2/c1-3-17(20(27)29-4-2)30-21-24-23-19(26(21)15-10-6-5-7-11-15)14-25-16-12-8-9-13-18(16)31-22(25)28/h5-13,17H,3-4,14H2,1-2H3. The van der Waals surface area contributed by atoms with E-state index in [-0.39, 0.29) is 22.6 Å². The van der Waals surface area contributed by atoms with Gasteiger partial charge in [0.25, 0.3) is 0 Å². The van der Waals surface area contributed by atoms with Crippen molar-refractivity contribution in [2.45, 2.75) is 37.2 Å². The molecule has 0 N–H and O–H groups in total. The lowest BCUT2D eigenvalue weighted by Crippen LogP contribution is -2.20. The van der Waals surface area contributed by atoms with Crippen molar-refractivity contribution in [3.63, 3.8) is 0 Å². The Morgan fingerprint density at radius 2 is 1.84 bits per heavy atom. The fourth-order valence-electron chi connectivity index (χ4n) is 3.28. The summed E-state index contributed by atoms with van der Waals surface area (Å²) in [5, 5.41) is 8.97. The molecule has 0 bridgehead atoms. The molecule has 1 unspecified atom stereocenters. The zero-order chi connectivity index (χ0) is 21.8. The Bertz CT molecular complexity index is 1250. The molecule has 2 aromatic heterocycles. The highest BCUT2D eigenvalue weighted by Gasteiger charge is 2.24. The average Bonchev–Trinajstić information content (AvgIpc) is 3.33. The molecule has 7 nitrogen and oxygen atoms in total. The van der Waals surface area contributed by atoms with Gasteiger partial charge in [0.15, 0.2) is 11.0 Å². The third-order valence-electron chi connectivity index (χ3n) is 4.76. The summed E-state index contributed by atoms with van der Waals surface area (Å²) in [5.74, 6) is 0.359. The number of rotatable bonds is 8. The molecular weight excluding hydrogens is 432 g/mol. The van der Waals surface area contributed by atoms with E-state index >= 15 is 0 Å². The normalized spacial score (nSPS) is 12.2. The second-order valence-electron chi connectivity index (χ2n) is 6.76. The molecule has 0 radical (unpaired) electrons. The third kappa shape index (κ3) is 4.42. The van der Waals surface area contributed by atoms with E-state index in [9.17, 15) is 9.59 Å². The molecule has 4 aromatic rings. The number of fused-ring (bicyclic) bond motifs is 1. The van der Waals surface area contributed by atoms with Crippen molar-refractivity contribution in [3.8, 4) is 5.69 Å². The van der Waals surface area contributed by atoms with Crippen LogP contribution in [0.3, 0.4) is 0 Å². The summed E-state index contributed by atoms with van der Waals surface area (Å²) in [7, 11) is 0. The Morgan fingerprint density at radius 1 is 1.10 bits per heavy atom. The van der Waals surface area contributed by atoms with Crippen LogP contribution < -0.4 is 4.87 Å². The number of ether oxygens (including phenoxy) is 1. The monoisotopic (exact) mass is 454 g/mol. The van der Waals surface area contributed by atoms with Crippen molar-refractivity contribution in [1.82, 2.24) is 19.3 Å². The molecule has 2 aromatic carbocycles. The summed E-state index contributed by atoms with van der Waals surface area (Å²) < 4.78 is 9.76. The van der Waals surface area contributed by atoms with Gasteiger partial charge in [0.1, 0.15) is 5.25 Å². The maximum absolute atomic E-state index is 12.6. The van der Waals surface area contributed by atoms with Gasteiger partial charge in [-0.2, -0.15) is 0 Å². The molecule has 0 fully saturated rings. The van der Waals surface area contributed by atoms with Gasteiger partial charge in [-0.1, -0.05) is 60.4 Å². The maximum Gasteiger partial charge on any atom is 0.319 e. The molecule has 0 aliphatic rings. The first-order valence-electron chi connectivity index (χ1n) is 10.0. The van der Waals surface area contributed by atoms with E-state index in [2.05, 4.69) is 10.2 Å². The van der Waals surface area contributed by atoms with Crippen LogP contribution in [0, 0.1) is 0 Å². The van der Waals surface area contributed by atoms with Gasteiger partial charge in [-0.05, 0) is 37.6 Å². The van der Waals surface area contributed by atoms with Crippen LogP contribution in [0.2, 0.25) is 0 Å². The van der Waals surface area contributed by atoms with E-state index in [1.165, 1.54) is 23.1 Å². The molecule has 0 spiro atoms. The number of aromatic nitrogens is 4. The van der Waals surface area contributed by atoms with E-state index in [1.807, 2.05) is 66.1 Å². The SMILES string of the molecule is CCOC(=O)C(CC)Sc1nnc(Cn2c(=O)sc3ccccc32)n1-c1ccccc1. The van der Waals surface area contributed by atoms with Crippen LogP contribution >= 0.6 is 23.1 Å². The number of thiazole rings is 1. The van der Waals surface area contributed by atoms with Crippen LogP contribution in [0.25, 0.3) is 15.9 Å². The smallest absolute Gasteiger partial charge is 0.319 e. The molecule has 0 aliphatic heterocycles. The van der Waals surface area contributed by atoms with Gasteiger partial charge >= 0.3 is 10.8 Å². The molecule has 0 aliphatic carbocycles. The summed E-state index contributed by atoms with van der Waals surface area (Å²) in [6.45, 7) is 4.35. The van der Waals surface area contributed by atoms with Gasteiger partial charge in [0.2, 0.25) is 0 Å². The number of esters is 1. The Morgan fingerprint density at radius 3 is 2.58 bits per heavy atom. The van der Waals surface area contributed by atoms with Gasteiger partial charge in [0.05, 0.1) is 23.4 Å². The minimum absolute atomic E-state index is 0.0454. The number of carbonyl (C=O) groups excluding carboxylic acids is 1. The van der Waals surface area contributed by atoms with Gasteiger partial charge < -0.3 is 4.74 Å². The highest BCUT2D eigenvalue weighted by molar-refractivity contribution is 8.00. The van der Waals surface area contributed by atoms with Crippen molar-refractivity contribution in [1.29, 1.82) is 0 Å². The maximum atomic E-state index is 12.6. The molecule has 0 saturated heterocycles. The first-order valence-corrected chi connectivity index (χ1v) is 11.7. The zero-order valence-corrected chi connectivity index (χ0v) is 18.9. The third-order valence-corrected chi connectivity index (χ3v) is 7.00. The number of hydrogen-bond donors (Lipinski definition) is 0. The lowest BCUT2D eigenvalue weighted by atomic mass is 10.3. The summed E-state index contributed by atoms with van der Waals surface area (Å²) in [6.07, 6.45) is 0.606. The Balaban J connectivity index is 1.76. The van der Waals surface area contributed by atoms with Crippen LogP contribution in [0.1, 0.15) is 26.1 Å². The fourth-order valence-corrected chi connectivity index (χ4v) is 5.16. The van der Waals surface area contributed by atoms with Crippen LogP contribution in [0.4, 0.5) is 0 Å². The van der Waals surface area contributed by atoms with Crippen LogP contribution in [0.15, 0.2) is 64.5 Å². The summed E-state index contributed by atoms with van der Waals surface area (Å²) in [4.78, 5) is 24.9. The van der Waals surface area contributed by atoms with Crippen molar-refractivity contribution >= 4 is 39.3 Å². The number of nitrogens with zero attached hydrogens (tertiary/aromatic N) is 4. The van der Waals surface area contributed by atoms with E-state index in [0.717, 1.165) is 15.9 Å². The summed E-state index contributed by atoms with van der Waals surface area (Å²) >= 11 is 2.54. The van der Waals surface area contributed by atoms with Crippen molar-refractivity contribution in [3.05, 3.63) is 70.1 Å². The van der Waals surface area contributed by atoms with Crippen LogP contribution in [-0.2, 0) is 16.1 Å². The lowest BCUT2D eigenvalue weighted by molar-refractivity contribution is -0.142. The molecule has 1 atom stereocenters. The first-order chi connectivity index (χ1) is 15.1. The van der Waals surface area contributed by atoms with Crippen LogP contribution in [-0.4, -0.2) is 37.2 Å². The Kier molecular flexibility index (Phi) is 6.53. The van der Waals surface area contributed by atoms with Gasteiger partial charge in [-0.3, -0.25) is 18.7 Å². The molecule has 9 heteroatoms. The number of hydrogen-bond acceptors (Lipinski definition) is 7. The van der Waals surface area contributed by atoms with E-state index in [0.29, 0.717) is 24.0 Å². The molecule has 4 rings (SSSR count). The molecule has 31 heavy (non-hydrogen) atoms. The van der Waals surface area contributed by atoms with Crippen LogP contribution in [0.5, 0.6) is 0 Å². The van der Waals surface area contributed by atoms with E-state index in [1.54, 1.807) is 11.5 Å². The second kappa shape index (κ2) is 9.49. The number of para-hydroxylation sites is 2. The Hall–Kier alpha value is -2.91. The van der Waals surface area contributed by atoms with Crippen molar-refractivity contribution < 1.29 is 9.53 Å². The Labute approximate surface area is 187 Å². The molecule has 0 saturated carbocycles. The van der Waals surface area contributed by atoms with Crippen molar-refractivity contribution in [2.75, 3.05) is 6.61 Å². The number of thioether (sulfide) groups is 1. The highest BCUT2D eigenvalue weighted by atomic mass is 32.2. The number of benzene rings is 2. The van der Waals surface area contributed by atoms with E-state index in [4.69, 9.17) is 4.74 Å². The zero-order valence-electron chi connectivity index (χ0n) is 17.2. The molecule has 2 heterocycles. The lowest BCUT2D eigenvalue weighted by Gasteiger charge is -2.15. The largest absolute Gasteiger partial charge is 0.465 e. The predicted molar refractivity (Wildman–Crippen MR) is 123 cm³/mol. The average molecular weight is 455 g/mol. The van der Waals surface area contributed by atoms with Gasteiger partial charge in [-0.25, -0.2) is 0 Å². The first kappa shape index (κ1) is 21.3.